The lowest BCUT2D eigenvalue weighted by atomic mass is 9.97. The number of ether oxygens (including phenoxy) is 1. The Labute approximate surface area is 101 Å². The highest BCUT2D eigenvalue weighted by molar-refractivity contribution is 5.49. The van der Waals surface area contributed by atoms with Gasteiger partial charge in [0.2, 0.25) is 0 Å². The number of hydrogen-bond acceptors (Lipinski definition) is 4. The molecule has 5 heteroatoms. The number of nitrogens with zero attached hydrogens (tertiary/aromatic N) is 1. The lowest BCUT2D eigenvalue weighted by Gasteiger charge is -2.14. The van der Waals surface area contributed by atoms with E-state index in [1.165, 1.54) is 13.2 Å². The van der Waals surface area contributed by atoms with Crippen LogP contribution < -0.4 is 10.5 Å². The van der Waals surface area contributed by atoms with Crippen LogP contribution in [-0.2, 0) is 0 Å². The van der Waals surface area contributed by atoms with Gasteiger partial charge in [-0.3, -0.25) is 10.1 Å². The van der Waals surface area contributed by atoms with Gasteiger partial charge >= 0.3 is 5.69 Å². The highest BCUT2D eigenvalue weighted by Crippen LogP contribution is 2.30. The third-order valence-electron chi connectivity index (χ3n) is 2.55. The smallest absolute Gasteiger partial charge is 0.311 e. The minimum absolute atomic E-state index is 0.0378. The summed E-state index contributed by atoms with van der Waals surface area (Å²) in [6, 6.07) is 4.68. The Balaban J connectivity index is 3.03. The average Bonchev–Trinajstić information content (AvgIpc) is 2.27. The lowest BCUT2D eigenvalue weighted by molar-refractivity contribution is -0.385. The van der Waals surface area contributed by atoms with Crippen LogP contribution >= 0.6 is 0 Å². The molecule has 0 saturated heterocycles. The van der Waals surface area contributed by atoms with E-state index < -0.39 is 4.92 Å². The number of nitro benzene ring substituents is 1. The molecule has 0 heterocycles. The maximum Gasteiger partial charge on any atom is 0.311 e. The molecule has 1 aromatic rings. The summed E-state index contributed by atoms with van der Waals surface area (Å²) in [6.07, 6.45) is 0.795. The molecule has 0 aliphatic rings. The Morgan fingerprint density at radius 3 is 2.59 bits per heavy atom. The van der Waals surface area contributed by atoms with Gasteiger partial charge in [0, 0.05) is 12.1 Å². The van der Waals surface area contributed by atoms with Gasteiger partial charge in [-0.1, -0.05) is 19.9 Å². The van der Waals surface area contributed by atoms with Crippen LogP contribution in [0.1, 0.15) is 31.9 Å². The summed E-state index contributed by atoms with van der Waals surface area (Å²) >= 11 is 0. The number of benzene rings is 1. The summed E-state index contributed by atoms with van der Waals surface area (Å²) < 4.78 is 4.94. The maximum absolute atomic E-state index is 10.9. The molecule has 94 valence electrons. The van der Waals surface area contributed by atoms with Crippen molar-refractivity contribution in [2.75, 3.05) is 7.11 Å². The summed E-state index contributed by atoms with van der Waals surface area (Å²) in [6.45, 7) is 4.13. The second kappa shape index (κ2) is 5.63. The Bertz CT molecular complexity index is 405. The maximum atomic E-state index is 10.9. The van der Waals surface area contributed by atoms with Crippen LogP contribution in [0.5, 0.6) is 5.75 Å². The van der Waals surface area contributed by atoms with Crippen molar-refractivity contribution in [3.8, 4) is 5.75 Å². The zero-order valence-electron chi connectivity index (χ0n) is 10.3. The zero-order valence-corrected chi connectivity index (χ0v) is 10.3. The first-order chi connectivity index (χ1) is 7.95. The highest BCUT2D eigenvalue weighted by atomic mass is 16.6. The fourth-order valence-electron chi connectivity index (χ4n) is 1.72. The molecule has 0 bridgehead atoms. The standard InChI is InChI=1S/C12H18N2O3/c1-8(2)6-10(13)9-4-5-12(17-3)11(7-9)14(15)16/h4-5,7-8,10H,6,13H2,1-3H3/t10-/m1/s1. The average molecular weight is 238 g/mol. The molecule has 1 atom stereocenters. The molecule has 1 rings (SSSR count). The fraction of sp³-hybridized carbons (Fsp3) is 0.500. The molecule has 5 nitrogen and oxygen atoms in total. The van der Waals surface area contributed by atoms with Crippen molar-refractivity contribution in [2.45, 2.75) is 26.3 Å². The molecule has 1 aromatic carbocycles. The normalized spacial score (nSPS) is 12.5. The minimum atomic E-state index is -0.454. The van der Waals surface area contributed by atoms with Crippen molar-refractivity contribution in [3.05, 3.63) is 33.9 Å². The first kappa shape index (κ1) is 13.4. The van der Waals surface area contributed by atoms with Gasteiger partial charge in [-0.05, 0) is 24.0 Å². The first-order valence-electron chi connectivity index (χ1n) is 5.53. The predicted octanol–water partition coefficient (Wildman–Crippen LogP) is 2.65. The van der Waals surface area contributed by atoms with Crippen molar-refractivity contribution in [1.29, 1.82) is 0 Å². The number of rotatable bonds is 5. The zero-order chi connectivity index (χ0) is 13.0. The van der Waals surface area contributed by atoms with Crippen molar-refractivity contribution < 1.29 is 9.66 Å². The van der Waals surface area contributed by atoms with E-state index in [9.17, 15) is 10.1 Å². The van der Waals surface area contributed by atoms with E-state index >= 15 is 0 Å². The Hall–Kier alpha value is -1.62. The highest BCUT2D eigenvalue weighted by Gasteiger charge is 2.18. The van der Waals surface area contributed by atoms with Gasteiger partial charge in [0.1, 0.15) is 0 Å². The van der Waals surface area contributed by atoms with Crippen molar-refractivity contribution in [3.63, 3.8) is 0 Å². The van der Waals surface area contributed by atoms with Crippen LogP contribution in [0.25, 0.3) is 0 Å². The van der Waals surface area contributed by atoms with E-state index in [-0.39, 0.29) is 17.5 Å². The van der Waals surface area contributed by atoms with Crippen molar-refractivity contribution in [2.24, 2.45) is 11.7 Å². The first-order valence-corrected chi connectivity index (χ1v) is 5.53. The topological polar surface area (TPSA) is 78.4 Å². The van der Waals surface area contributed by atoms with Gasteiger partial charge in [0.25, 0.3) is 0 Å². The number of nitrogens with two attached hydrogens (primary N) is 1. The molecule has 0 saturated carbocycles. The molecular formula is C12H18N2O3. The van der Waals surface area contributed by atoms with E-state index in [1.807, 2.05) is 0 Å². The Morgan fingerprint density at radius 2 is 2.12 bits per heavy atom. The summed E-state index contributed by atoms with van der Waals surface area (Å²) in [7, 11) is 1.41. The van der Waals surface area contributed by atoms with Gasteiger partial charge in [0.15, 0.2) is 5.75 Å². The van der Waals surface area contributed by atoms with Gasteiger partial charge in [-0.15, -0.1) is 0 Å². The Kier molecular flexibility index (Phi) is 4.45. The summed E-state index contributed by atoms with van der Waals surface area (Å²) in [5, 5.41) is 10.9. The summed E-state index contributed by atoms with van der Waals surface area (Å²) in [4.78, 5) is 10.4. The molecule has 17 heavy (non-hydrogen) atoms. The van der Waals surface area contributed by atoms with Crippen LogP contribution in [0.2, 0.25) is 0 Å². The summed E-state index contributed by atoms with van der Waals surface area (Å²) in [5.41, 5.74) is 6.72. The predicted molar refractivity (Wildman–Crippen MR) is 66.0 cm³/mol. The molecule has 0 aromatic heterocycles. The lowest BCUT2D eigenvalue weighted by Crippen LogP contribution is -2.13. The summed E-state index contributed by atoms with van der Waals surface area (Å²) in [5.74, 6) is 0.710. The molecule has 0 aliphatic carbocycles. The van der Waals surface area contributed by atoms with E-state index in [0.29, 0.717) is 5.92 Å². The van der Waals surface area contributed by atoms with E-state index in [1.54, 1.807) is 12.1 Å². The van der Waals surface area contributed by atoms with Gasteiger partial charge < -0.3 is 10.5 Å². The molecule has 2 N–H and O–H groups in total. The van der Waals surface area contributed by atoms with E-state index in [0.717, 1.165) is 12.0 Å². The third-order valence-corrected chi connectivity index (χ3v) is 2.55. The largest absolute Gasteiger partial charge is 0.490 e. The SMILES string of the molecule is COc1ccc([C@H](N)CC(C)C)cc1[N+](=O)[O-]. The second-order valence-corrected chi connectivity index (χ2v) is 4.42. The molecule has 0 aliphatic heterocycles. The van der Waals surface area contributed by atoms with Crippen LogP contribution in [-0.4, -0.2) is 12.0 Å². The monoisotopic (exact) mass is 238 g/mol. The van der Waals surface area contributed by atoms with Gasteiger partial charge in [0.05, 0.1) is 12.0 Å². The van der Waals surface area contributed by atoms with Crippen molar-refractivity contribution in [1.82, 2.24) is 0 Å². The molecule has 0 fully saturated rings. The number of nitro groups is 1. The molecular weight excluding hydrogens is 220 g/mol. The quantitative estimate of drug-likeness (QED) is 0.631. The van der Waals surface area contributed by atoms with E-state index in [4.69, 9.17) is 10.5 Å². The molecule has 0 unspecified atom stereocenters. The molecule has 0 radical (unpaired) electrons. The van der Waals surface area contributed by atoms with Crippen LogP contribution in [0.4, 0.5) is 5.69 Å². The number of methoxy groups -OCH3 is 1. The van der Waals surface area contributed by atoms with Gasteiger partial charge in [-0.2, -0.15) is 0 Å². The minimum Gasteiger partial charge on any atom is -0.490 e. The van der Waals surface area contributed by atoms with E-state index in [2.05, 4.69) is 13.8 Å². The third kappa shape index (κ3) is 3.42. The van der Waals surface area contributed by atoms with Crippen molar-refractivity contribution >= 4 is 5.69 Å². The molecule has 0 spiro atoms. The fourth-order valence-corrected chi connectivity index (χ4v) is 1.72. The van der Waals surface area contributed by atoms with Crippen LogP contribution in [0.15, 0.2) is 18.2 Å². The van der Waals surface area contributed by atoms with Crippen LogP contribution in [0.3, 0.4) is 0 Å². The molecule has 0 amide bonds. The Morgan fingerprint density at radius 1 is 1.47 bits per heavy atom. The van der Waals surface area contributed by atoms with Gasteiger partial charge in [-0.25, -0.2) is 0 Å². The second-order valence-electron chi connectivity index (χ2n) is 4.42. The van der Waals surface area contributed by atoms with Crippen LogP contribution in [0, 0.1) is 16.0 Å². The number of hydrogen-bond donors (Lipinski definition) is 1.